The first-order valence-corrected chi connectivity index (χ1v) is 10.2. The van der Waals surface area contributed by atoms with Gasteiger partial charge in [-0.15, -0.1) is 24.0 Å². The fourth-order valence-electron chi connectivity index (χ4n) is 2.91. The Labute approximate surface area is 210 Å². The lowest BCUT2D eigenvalue weighted by Crippen LogP contribution is -2.41. The van der Waals surface area contributed by atoms with Crippen molar-refractivity contribution in [2.45, 2.75) is 19.6 Å². The van der Waals surface area contributed by atoms with Gasteiger partial charge >= 0.3 is 0 Å². The Morgan fingerprint density at radius 1 is 1.06 bits per heavy atom. The van der Waals surface area contributed by atoms with Crippen molar-refractivity contribution in [1.29, 1.82) is 0 Å². The molecule has 0 saturated carbocycles. The number of nitrogens with one attached hydrogen (secondary N) is 2. The van der Waals surface area contributed by atoms with Crippen molar-refractivity contribution in [3.63, 3.8) is 0 Å². The minimum Gasteiger partial charge on any atom is -0.493 e. The van der Waals surface area contributed by atoms with Crippen LogP contribution in [-0.4, -0.2) is 37.7 Å². The maximum absolute atomic E-state index is 13.4. The van der Waals surface area contributed by atoms with Gasteiger partial charge in [-0.05, 0) is 37.3 Å². The van der Waals surface area contributed by atoms with Gasteiger partial charge in [0.15, 0.2) is 17.5 Å². The molecule has 0 spiro atoms. The maximum Gasteiger partial charge on any atom is 0.224 e. The van der Waals surface area contributed by atoms with Crippen molar-refractivity contribution in [2.24, 2.45) is 4.99 Å². The summed E-state index contributed by atoms with van der Waals surface area (Å²) in [5.74, 6) is 2.38. The molecule has 3 aromatic rings. The van der Waals surface area contributed by atoms with Gasteiger partial charge in [-0.3, -0.25) is 4.99 Å². The predicted molar refractivity (Wildman–Crippen MR) is 137 cm³/mol. The second-order valence-electron chi connectivity index (χ2n) is 6.91. The van der Waals surface area contributed by atoms with Crippen molar-refractivity contribution in [1.82, 2.24) is 15.6 Å². The zero-order chi connectivity index (χ0) is 22.8. The number of rotatable bonds is 9. The van der Waals surface area contributed by atoms with Crippen molar-refractivity contribution in [3.8, 4) is 23.1 Å². The quantitative estimate of drug-likeness (QED) is 0.221. The first-order valence-electron chi connectivity index (χ1n) is 10.2. The molecular weight excluding hydrogens is 538 g/mol. The van der Waals surface area contributed by atoms with E-state index in [9.17, 15) is 4.39 Å². The van der Waals surface area contributed by atoms with Crippen LogP contribution in [0.5, 0.6) is 23.1 Å². The van der Waals surface area contributed by atoms with E-state index in [4.69, 9.17) is 14.2 Å². The molecule has 7 nitrogen and oxygen atoms in total. The number of para-hydroxylation sites is 2. The summed E-state index contributed by atoms with van der Waals surface area (Å²) in [6, 6.07) is 17.2. The minimum absolute atomic E-state index is 0. The standard InChI is InChI=1S/C24H27FN4O3.HI/c1-17(31-22-12-5-4-11-21(22)30-3)15-28-24(26-2)29-16-18-8-7-13-27-23(18)32-20-10-6-9-19(25)14-20;/h4-14,17H,15-16H2,1-3H3,(H2,26,28,29);1H. The highest BCUT2D eigenvalue weighted by molar-refractivity contribution is 14.0. The monoisotopic (exact) mass is 566 g/mol. The molecule has 0 aliphatic heterocycles. The van der Waals surface area contributed by atoms with Crippen LogP contribution in [0.2, 0.25) is 0 Å². The molecule has 2 N–H and O–H groups in total. The van der Waals surface area contributed by atoms with Gasteiger partial charge in [0.2, 0.25) is 5.88 Å². The summed E-state index contributed by atoms with van der Waals surface area (Å²) in [5.41, 5.74) is 0.804. The number of benzene rings is 2. The summed E-state index contributed by atoms with van der Waals surface area (Å²) in [4.78, 5) is 8.51. The summed E-state index contributed by atoms with van der Waals surface area (Å²) < 4.78 is 30.5. The highest BCUT2D eigenvalue weighted by Crippen LogP contribution is 2.26. The van der Waals surface area contributed by atoms with Gasteiger partial charge in [0.25, 0.3) is 0 Å². The number of ether oxygens (including phenoxy) is 3. The Kier molecular flexibility index (Phi) is 10.7. The van der Waals surface area contributed by atoms with E-state index in [1.807, 2.05) is 43.3 Å². The van der Waals surface area contributed by atoms with Crippen molar-refractivity contribution in [2.75, 3.05) is 20.7 Å². The fourth-order valence-corrected chi connectivity index (χ4v) is 2.91. The average molecular weight is 566 g/mol. The van der Waals surface area contributed by atoms with E-state index in [1.54, 1.807) is 32.5 Å². The second-order valence-corrected chi connectivity index (χ2v) is 6.91. The minimum atomic E-state index is -0.368. The van der Waals surface area contributed by atoms with Crippen LogP contribution in [0.3, 0.4) is 0 Å². The van der Waals surface area contributed by atoms with Gasteiger partial charge in [0.1, 0.15) is 17.7 Å². The van der Waals surface area contributed by atoms with Gasteiger partial charge < -0.3 is 24.8 Å². The molecule has 2 aromatic carbocycles. The normalized spacial score (nSPS) is 11.7. The zero-order valence-electron chi connectivity index (χ0n) is 18.7. The molecule has 1 unspecified atom stereocenters. The summed E-state index contributed by atoms with van der Waals surface area (Å²) >= 11 is 0. The Hall–Kier alpha value is -3.08. The van der Waals surface area contributed by atoms with E-state index in [0.717, 1.165) is 5.56 Å². The number of aliphatic imine (C=N–C) groups is 1. The smallest absolute Gasteiger partial charge is 0.224 e. The molecule has 0 aliphatic rings. The Morgan fingerprint density at radius 3 is 2.58 bits per heavy atom. The molecular formula is C24H28FIN4O3. The number of halogens is 2. The van der Waals surface area contributed by atoms with Gasteiger partial charge in [0.05, 0.1) is 13.7 Å². The SMILES string of the molecule is CN=C(NCc1cccnc1Oc1cccc(F)c1)NCC(C)Oc1ccccc1OC.I. The maximum atomic E-state index is 13.4. The van der Waals surface area contributed by atoms with Gasteiger partial charge in [0, 0.05) is 31.4 Å². The van der Waals surface area contributed by atoms with E-state index in [-0.39, 0.29) is 35.9 Å². The van der Waals surface area contributed by atoms with E-state index < -0.39 is 0 Å². The molecule has 1 atom stereocenters. The van der Waals surface area contributed by atoms with Crippen LogP contribution in [0.25, 0.3) is 0 Å². The number of hydrogen-bond donors (Lipinski definition) is 2. The molecule has 1 heterocycles. The molecule has 0 saturated heterocycles. The van der Waals surface area contributed by atoms with Crippen molar-refractivity contribution < 1.29 is 18.6 Å². The molecule has 0 radical (unpaired) electrons. The number of methoxy groups -OCH3 is 1. The molecule has 0 fully saturated rings. The topological polar surface area (TPSA) is 77.0 Å². The summed E-state index contributed by atoms with van der Waals surface area (Å²) in [6.07, 6.45) is 1.50. The molecule has 1 aromatic heterocycles. The Balaban J connectivity index is 0.00000385. The predicted octanol–water partition coefficient (Wildman–Crippen LogP) is 4.77. The summed E-state index contributed by atoms with van der Waals surface area (Å²) in [5, 5.41) is 6.47. The number of guanidine groups is 1. The van der Waals surface area contributed by atoms with Crippen LogP contribution in [0.1, 0.15) is 12.5 Å². The molecule has 0 aliphatic carbocycles. The molecule has 33 heavy (non-hydrogen) atoms. The summed E-state index contributed by atoms with van der Waals surface area (Å²) in [6.45, 7) is 2.90. The van der Waals surface area contributed by atoms with Gasteiger partial charge in [-0.2, -0.15) is 0 Å². The van der Waals surface area contributed by atoms with Crippen LogP contribution in [-0.2, 0) is 6.54 Å². The number of aromatic nitrogens is 1. The Morgan fingerprint density at radius 2 is 1.85 bits per heavy atom. The fraction of sp³-hybridized carbons (Fsp3) is 0.250. The largest absolute Gasteiger partial charge is 0.493 e. The van der Waals surface area contributed by atoms with Crippen LogP contribution in [0.15, 0.2) is 71.9 Å². The van der Waals surface area contributed by atoms with Crippen molar-refractivity contribution in [3.05, 3.63) is 78.2 Å². The lowest BCUT2D eigenvalue weighted by molar-refractivity contribution is 0.213. The number of pyridine rings is 1. The highest BCUT2D eigenvalue weighted by atomic mass is 127. The van der Waals surface area contributed by atoms with Gasteiger partial charge in [-0.25, -0.2) is 9.37 Å². The van der Waals surface area contributed by atoms with E-state index in [0.29, 0.717) is 42.2 Å². The average Bonchev–Trinajstić information content (AvgIpc) is 2.80. The molecule has 9 heteroatoms. The molecule has 0 amide bonds. The Bertz CT molecular complexity index is 1050. The van der Waals surface area contributed by atoms with Crippen LogP contribution in [0, 0.1) is 5.82 Å². The second kappa shape index (κ2) is 13.5. The number of nitrogens with zero attached hydrogens (tertiary/aromatic N) is 2. The van der Waals surface area contributed by atoms with E-state index >= 15 is 0 Å². The van der Waals surface area contributed by atoms with E-state index in [1.165, 1.54) is 12.1 Å². The summed E-state index contributed by atoms with van der Waals surface area (Å²) in [7, 11) is 3.30. The zero-order valence-corrected chi connectivity index (χ0v) is 21.1. The first-order chi connectivity index (χ1) is 15.6. The molecule has 0 bridgehead atoms. The van der Waals surface area contributed by atoms with Gasteiger partial charge in [-0.1, -0.05) is 24.3 Å². The third-order valence-electron chi connectivity index (χ3n) is 4.48. The third kappa shape index (κ3) is 8.08. The molecule has 3 rings (SSSR count). The highest BCUT2D eigenvalue weighted by Gasteiger charge is 2.11. The lowest BCUT2D eigenvalue weighted by Gasteiger charge is -2.19. The first kappa shape index (κ1) is 26.2. The van der Waals surface area contributed by atoms with Crippen molar-refractivity contribution >= 4 is 29.9 Å². The van der Waals surface area contributed by atoms with Crippen LogP contribution in [0.4, 0.5) is 4.39 Å². The van der Waals surface area contributed by atoms with Crippen LogP contribution < -0.4 is 24.8 Å². The number of hydrogen-bond acceptors (Lipinski definition) is 5. The molecule has 176 valence electrons. The van der Waals surface area contributed by atoms with E-state index in [2.05, 4.69) is 20.6 Å². The third-order valence-corrected chi connectivity index (χ3v) is 4.48. The lowest BCUT2D eigenvalue weighted by atomic mass is 10.2. The van der Waals surface area contributed by atoms with Crippen LogP contribution >= 0.6 is 24.0 Å².